The maximum absolute atomic E-state index is 13.6. The van der Waals surface area contributed by atoms with Gasteiger partial charge in [-0.3, -0.25) is 14.2 Å². The molecule has 0 atom stereocenters. The average Bonchev–Trinajstić information content (AvgIpc) is 3.08. The summed E-state index contributed by atoms with van der Waals surface area (Å²) in [4.78, 5) is 37.8. The van der Waals surface area contributed by atoms with Crippen molar-refractivity contribution in [1.82, 2.24) is 14.5 Å². The van der Waals surface area contributed by atoms with Crippen molar-refractivity contribution < 1.29 is 13.6 Å². The van der Waals surface area contributed by atoms with Gasteiger partial charge in [0.05, 0.1) is 11.2 Å². The average molecular weight is 393 g/mol. The normalized spacial score (nSPS) is 11.1. The summed E-state index contributed by atoms with van der Waals surface area (Å²) in [7, 11) is 0. The highest BCUT2D eigenvalue weighted by atomic mass is 32.1. The maximum atomic E-state index is 13.6. The highest BCUT2D eigenvalue weighted by Gasteiger charge is 2.18. The van der Waals surface area contributed by atoms with E-state index in [0.29, 0.717) is 22.7 Å². The van der Waals surface area contributed by atoms with Gasteiger partial charge in [0.2, 0.25) is 5.91 Å². The van der Waals surface area contributed by atoms with E-state index in [2.05, 4.69) is 5.32 Å². The first kappa shape index (κ1) is 19.0. The zero-order chi connectivity index (χ0) is 19.6. The van der Waals surface area contributed by atoms with Gasteiger partial charge >= 0.3 is 5.69 Å². The summed E-state index contributed by atoms with van der Waals surface area (Å²) in [5, 5.41) is 4.32. The third-order valence-corrected chi connectivity index (χ3v) is 4.91. The fourth-order valence-corrected chi connectivity index (χ4v) is 3.56. The Kier molecular flexibility index (Phi) is 5.50. The number of nitrogens with zero attached hydrogens (tertiary/aromatic N) is 2. The van der Waals surface area contributed by atoms with Crippen molar-refractivity contribution in [2.75, 3.05) is 6.54 Å². The van der Waals surface area contributed by atoms with Gasteiger partial charge in [-0.1, -0.05) is 13.3 Å². The molecule has 0 bridgehead atoms. The Morgan fingerprint density at radius 2 is 1.89 bits per heavy atom. The largest absolute Gasteiger partial charge is 0.355 e. The van der Waals surface area contributed by atoms with Crippen molar-refractivity contribution in [3.05, 3.63) is 62.1 Å². The minimum Gasteiger partial charge on any atom is -0.355 e. The molecule has 0 aliphatic heterocycles. The predicted octanol–water partition coefficient (Wildman–Crippen LogP) is 2.41. The molecule has 3 rings (SSSR count). The van der Waals surface area contributed by atoms with Crippen LogP contribution in [0.25, 0.3) is 15.9 Å². The molecule has 0 saturated carbocycles. The summed E-state index contributed by atoms with van der Waals surface area (Å²) in [5.41, 5.74) is -1.43. The minimum absolute atomic E-state index is 0.223. The molecule has 0 aliphatic carbocycles. The van der Waals surface area contributed by atoms with E-state index in [0.717, 1.165) is 40.9 Å². The molecule has 1 aromatic carbocycles. The number of amides is 1. The molecule has 1 N–H and O–H groups in total. The Morgan fingerprint density at radius 1 is 1.19 bits per heavy atom. The third-order valence-electron chi connectivity index (χ3n) is 4.01. The number of rotatable bonds is 6. The summed E-state index contributed by atoms with van der Waals surface area (Å²) in [6.45, 7) is 2.17. The second kappa shape index (κ2) is 7.83. The molecule has 0 aliphatic rings. The molecule has 6 nitrogen and oxygen atoms in total. The van der Waals surface area contributed by atoms with Gasteiger partial charge in [0.1, 0.15) is 22.9 Å². The number of unbranched alkanes of at least 4 members (excludes halogenated alkanes) is 1. The number of halogens is 2. The molecule has 0 unspecified atom stereocenters. The summed E-state index contributed by atoms with van der Waals surface area (Å²) in [5.74, 6) is -2.20. The van der Waals surface area contributed by atoms with Gasteiger partial charge in [-0.2, -0.15) is 0 Å². The molecule has 2 aromatic heterocycles. The van der Waals surface area contributed by atoms with Crippen LogP contribution in [0.3, 0.4) is 0 Å². The van der Waals surface area contributed by atoms with Crippen LogP contribution in [0.5, 0.6) is 0 Å². The van der Waals surface area contributed by atoms with Gasteiger partial charge in [-0.15, -0.1) is 11.3 Å². The second-order valence-electron chi connectivity index (χ2n) is 5.98. The predicted molar refractivity (Wildman–Crippen MR) is 99.5 cm³/mol. The van der Waals surface area contributed by atoms with Crippen molar-refractivity contribution in [1.29, 1.82) is 0 Å². The molecule has 0 fully saturated rings. The molecule has 2 heterocycles. The maximum Gasteiger partial charge on any atom is 0.336 e. The monoisotopic (exact) mass is 393 g/mol. The topological polar surface area (TPSA) is 73.1 Å². The number of hydrogen-bond acceptors (Lipinski definition) is 4. The van der Waals surface area contributed by atoms with Gasteiger partial charge in [-0.25, -0.2) is 18.1 Å². The fourth-order valence-electron chi connectivity index (χ4n) is 2.74. The molecule has 142 valence electrons. The number of thiophene rings is 1. The quantitative estimate of drug-likeness (QED) is 0.654. The lowest BCUT2D eigenvalue weighted by Gasteiger charge is -2.12. The van der Waals surface area contributed by atoms with E-state index in [1.165, 1.54) is 0 Å². The standard InChI is InChI=1S/C18H17F2N3O3S/c1-2-3-5-21-15(24)10-22-14-4-6-27-16(14)17(25)23(18(22)26)13-8-11(19)7-12(20)9-13/h4,6-9H,2-3,5,10H2,1H3,(H,21,24). The zero-order valence-electron chi connectivity index (χ0n) is 14.5. The lowest BCUT2D eigenvalue weighted by Crippen LogP contribution is -2.41. The summed E-state index contributed by atoms with van der Waals surface area (Å²) >= 11 is 1.09. The van der Waals surface area contributed by atoms with E-state index in [1.807, 2.05) is 6.92 Å². The van der Waals surface area contributed by atoms with Crippen LogP contribution in [0.4, 0.5) is 8.78 Å². The Bertz CT molecular complexity index is 1100. The molecular weight excluding hydrogens is 376 g/mol. The Labute approximate surface area is 156 Å². The Morgan fingerprint density at radius 3 is 2.56 bits per heavy atom. The SMILES string of the molecule is CCCCNC(=O)Cn1c(=O)n(-c2cc(F)cc(F)c2)c(=O)c2sccc21. The number of aromatic nitrogens is 2. The lowest BCUT2D eigenvalue weighted by atomic mass is 10.3. The van der Waals surface area contributed by atoms with Gasteiger partial charge in [0, 0.05) is 12.6 Å². The van der Waals surface area contributed by atoms with Crippen LogP contribution in [-0.4, -0.2) is 21.6 Å². The zero-order valence-corrected chi connectivity index (χ0v) is 15.3. The molecule has 27 heavy (non-hydrogen) atoms. The molecule has 0 radical (unpaired) electrons. The number of nitrogens with one attached hydrogen (secondary N) is 1. The number of benzene rings is 1. The van der Waals surface area contributed by atoms with E-state index < -0.39 is 22.9 Å². The Hall–Kier alpha value is -2.81. The van der Waals surface area contributed by atoms with Crippen molar-refractivity contribution in [3.8, 4) is 5.69 Å². The van der Waals surface area contributed by atoms with Crippen LogP contribution < -0.4 is 16.6 Å². The first-order valence-corrected chi connectivity index (χ1v) is 9.26. The Balaban J connectivity index is 2.14. The third kappa shape index (κ3) is 3.82. The van der Waals surface area contributed by atoms with E-state index >= 15 is 0 Å². The first-order chi connectivity index (χ1) is 12.9. The highest BCUT2D eigenvalue weighted by Crippen LogP contribution is 2.17. The van der Waals surface area contributed by atoms with E-state index in [1.54, 1.807) is 11.4 Å². The summed E-state index contributed by atoms with van der Waals surface area (Å²) < 4.78 is 29.2. The van der Waals surface area contributed by atoms with E-state index in [-0.39, 0.29) is 22.8 Å². The van der Waals surface area contributed by atoms with Crippen LogP contribution in [0.2, 0.25) is 0 Å². The number of carbonyl (C=O) groups is 1. The molecule has 3 aromatic rings. The molecule has 1 amide bonds. The summed E-state index contributed by atoms with van der Waals surface area (Å²) in [6.07, 6.45) is 1.71. The molecule has 0 spiro atoms. The van der Waals surface area contributed by atoms with Crippen LogP contribution in [0, 0.1) is 11.6 Å². The van der Waals surface area contributed by atoms with Crippen molar-refractivity contribution >= 4 is 27.5 Å². The second-order valence-corrected chi connectivity index (χ2v) is 6.89. The fraction of sp³-hybridized carbons (Fsp3) is 0.278. The van der Waals surface area contributed by atoms with Crippen LogP contribution >= 0.6 is 11.3 Å². The molecular formula is C18H17F2N3O3S. The van der Waals surface area contributed by atoms with Crippen LogP contribution in [0.1, 0.15) is 19.8 Å². The van der Waals surface area contributed by atoms with Gasteiger partial charge in [0.15, 0.2) is 0 Å². The van der Waals surface area contributed by atoms with Gasteiger partial charge in [-0.05, 0) is 30.0 Å². The lowest BCUT2D eigenvalue weighted by molar-refractivity contribution is -0.121. The van der Waals surface area contributed by atoms with Crippen LogP contribution in [-0.2, 0) is 11.3 Å². The number of hydrogen-bond donors (Lipinski definition) is 1. The molecule has 9 heteroatoms. The van der Waals surface area contributed by atoms with Crippen molar-refractivity contribution in [2.45, 2.75) is 26.3 Å². The summed E-state index contributed by atoms with van der Waals surface area (Å²) in [6, 6.07) is 4.02. The van der Waals surface area contributed by atoms with Crippen LogP contribution in [0.15, 0.2) is 39.2 Å². The van der Waals surface area contributed by atoms with Crippen molar-refractivity contribution in [3.63, 3.8) is 0 Å². The van der Waals surface area contributed by atoms with Gasteiger partial charge in [0.25, 0.3) is 5.56 Å². The van der Waals surface area contributed by atoms with E-state index in [9.17, 15) is 23.2 Å². The van der Waals surface area contributed by atoms with E-state index in [4.69, 9.17) is 0 Å². The number of carbonyl (C=O) groups excluding carboxylic acids is 1. The smallest absolute Gasteiger partial charge is 0.336 e. The van der Waals surface area contributed by atoms with Gasteiger partial charge < -0.3 is 5.32 Å². The number of fused-ring (bicyclic) bond motifs is 1. The molecule has 0 saturated heterocycles. The first-order valence-electron chi connectivity index (χ1n) is 8.38. The highest BCUT2D eigenvalue weighted by molar-refractivity contribution is 7.17. The minimum atomic E-state index is -0.911. The van der Waals surface area contributed by atoms with Crippen molar-refractivity contribution in [2.24, 2.45) is 0 Å².